The second-order valence-corrected chi connectivity index (χ2v) is 6.18. The molecule has 0 saturated carbocycles. The van der Waals surface area contributed by atoms with E-state index in [2.05, 4.69) is 15.4 Å². The van der Waals surface area contributed by atoms with Crippen molar-refractivity contribution in [3.05, 3.63) is 89.7 Å². The molecule has 138 valence electrons. The Hall–Kier alpha value is -4.00. The van der Waals surface area contributed by atoms with Gasteiger partial charge in [-0.2, -0.15) is 5.10 Å². The van der Waals surface area contributed by atoms with Crippen molar-refractivity contribution in [3.8, 4) is 11.3 Å². The van der Waals surface area contributed by atoms with Crippen molar-refractivity contribution in [1.29, 1.82) is 0 Å². The molecular formula is C21H16N4O3. The zero-order chi connectivity index (χ0) is 19.5. The van der Waals surface area contributed by atoms with E-state index in [0.717, 1.165) is 16.8 Å². The molecule has 2 aromatic heterocycles. The van der Waals surface area contributed by atoms with Crippen molar-refractivity contribution in [2.45, 2.75) is 6.54 Å². The number of carbonyl (C=O) groups excluding carboxylic acids is 1. The second kappa shape index (κ2) is 7.32. The first kappa shape index (κ1) is 17.4. The molecule has 0 spiro atoms. The largest absolute Gasteiger partial charge is 0.465 e. The molecule has 0 atom stereocenters. The number of fused-ring (bicyclic) bond motifs is 1. The van der Waals surface area contributed by atoms with Crippen LogP contribution in [-0.2, 0) is 6.54 Å². The van der Waals surface area contributed by atoms with Gasteiger partial charge in [-0.05, 0) is 17.7 Å². The number of carbonyl (C=O) groups is 2. The summed E-state index contributed by atoms with van der Waals surface area (Å²) in [6.07, 6.45) is 2.08. The van der Waals surface area contributed by atoms with Crippen LogP contribution in [0.4, 0.5) is 4.79 Å². The molecule has 0 fully saturated rings. The molecule has 28 heavy (non-hydrogen) atoms. The Kier molecular flexibility index (Phi) is 4.55. The van der Waals surface area contributed by atoms with E-state index in [0.29, 0.717) is 16.8 Å². The van der Waals surface area contributed by atoms with Gasteiger partial charge >= 0.3 is 6.09 Å². The zero-order valence-corrected chi connectivity index (χ0v) is 14.7. The average Bonchev–Trinajstić information content (AvgIpc) is 3.17. The molecule has 0 radical (unpaired) electrons. The zero-order valence-electron chi connectivity index (χ0n) is 14.7. The lowest BCUT2D eigenvalue weighted by atomic mass is 10.1. The van der Waals surface area contributed by atoms with E-state index in [9.17, 15) is 9.59 Å². The Balaban J connectivity index is 1.74. The van der Waals surface area contributed by atoms with Crippen LogP contribution in [0.25, 0.3) is 16.9 Å². The van der Waals surface area contributed by atoms with Gasteiger partial charge in [-0.3, -0.25) is 4.79 Å². The molecule has 0 aliphatic heterocycles. The maximum Gasteiger partial charge on any atom is 0.404 e. The number of ketones is 1. The van der Waals surface area contributed by atoms with Crippen LogP contribution in [0.15, 0.2) is 73.1 Å². The van der Waals surface area contributed by atoms with Gasteiger partial charge in [0.25, 0.3) is 0 Å². The summed E-state index contributed by atoms with van der Waals surface area (Å²) in [5.74, 6) is -0.139. The summed E-state index contributed by atoms with van der Waals surface area (Å²) >= 11 is 0. The highest BCUT2D eigenvalue weighted by atomic mass is 16.4. The fourth-order valence-corrected chi connectivity index (χ4v) is 3.03. The van der Waals surface area contributed by atoms with Gasteiger partial charge in [0.05, 0.1) is 17.5 Å². The van der Waals surface area contributed by atoms with Gasteiger partial charge in [0, 0.05) is 23.9 Å². The van der Waals surface area contributed by atoms with Crippen molar-refractivity contribution in [3.63, 3.8) is 0 Å². The normalized spacial score (nSPS) is 10.7. The molecule has 2 heterocycles. The Morgan fingerprint density at radius 1 is 1.04 bits per heavy atom. The third kappa shape index (κ3) is 3.33. The minimum Gasteiger partial charge on any atom is -0.465 e. The first-order valence-electron chi connectivity index (χ1n) is 8.62. The smallest absolute Gasteiger partial charge is 0.404 e. The Morgan fingerprint density at radius 2 is 1.86 bits per heavy atom. The van der Waals surface area contributed by atoms with E-state index in [4.69, 9.17) is 5.11 Å². The SMILES string of the molecule is O=C(O)NCc1cccc(-c2ccnc3c(C(=O)c4ccccc4)cnn23)c1. The van der Waals surface area contributed by atoms with Crippen molar-refractivity contribution < 1.29 is 14.7 Å². The standard InChI is InChI=1S/C21H16N4O3/c26-19(15-6-2-1-3-7-15)17-13-24-25-18(9-10-22-20(17)25)16-8-4-5-14(11-16)12-23-21(27)28/h1-11,13,23H,12H2,(H,27,28). The Labute approximate surface area is 160 Å². The van der Waals surface area contributed by atoms with Crippen LogP contribution in [0.2, 0.25) is 0 Å². The lowest BCUT2D eigenvalue weighted by Gasteiger charge is -2.08. The number of aromatic nitrogens is 3. The quantitative estimate of drug-likeness (QED) is 0.524. The van der Waals surface area contributed by atoms with Crippen LogP contribution in [-0.4, -0.2) is 31.6 Å². The highest BCUT2D eigenvalue weighted by molar-refractivity contribution is 6.12. The summed E-state index contributed by atoms with van der Waals surface area (Å²) < 4.78 is 1.62. The fourth-order valence-electron chi connectivity index (χ4n) is 3.03. The van der Waals surface area contributed by atoms with E-state index < -0.39 is 6.09 Å². The van der Waals surface area contributed by atoms with Gasteiger partial charge < -0.3 is 10.4 Å². The molecule has 4 rings (SSSR count). The van der Waals surface area contributed by atoms with E-state index in [1.807, 2.05) is 42.5 Å². The minimum absolute atomic E-state index is 0.139. The summed E-state index contributed by atoms with van der Waals surface area (Å²) in [5.41, 5.74) is 3.90. The Bertz CT molecular complexity index is 1170. The van der Waals surface area contributed by atoms with Gasteiger partial charge in [0.15, 0.2) is 11.4 Å². The predicted octanol–water partition coefficient (Wildman–Crippen LogP) is 3.39. The molecule has 7 heteroatoms. The van der Waals surface area contributed by atoms with Gasteiger partial charge in [-0.25, -0.2) is 14.3 Å². The first-order chi connectivity index (χ1) is 13.6. The van der Waals surface area contributed by atoms with Crippen molar-refractivity contribution in [2.75, 3.05) is 0 Å². The van der Waals surface area contributed by atoms with E-state index in [1.165, 1.54) is 6.20 Å². The van der Waals surface area contributed by atoms with Crippen molar-refractivity contribution >= 4 is 17.5 Å². The molecule has 0 unspecified atom stereocenters. The summed E-state index contributed by atoms with van der Waals surface area (Å²) in [5, 5.41) is 15.5. The summed E-state index contributed by atoms with van der Waals surface area (Å²) in [4.78, 5) is 27.9. The molecule has 0 aliphatic carbocycles. The highest BCUT2D eigenvalue weighted by Gasteiger charge is 2.17. The molecule has 0 aliphatic rings. The number of benzene rings is 2. The molecule has 7 nitrogen and oxygen atoms in total. The van der Waals surface area contributed by atoms with Crippen LogP contribution in [0.5, 0.6) is 0 Å². The van der Waals surface area contributed by atoms with Crippen LogP contribution < -0.4 is 5.32 Å². The lowest BCUT2D eigenvalue weighted by molar-refractivity contribution is 0.104. The van der Waals surface area contributed by atoms with Gasteiger partial charge in [0.2, 0.25) is 0 Å². The molecule has 4 aromatic rings. The number of nitrogens with zero attached hydrogens (tertiary/aromatic N) is 3. The molecule has 2 aromatic carbocycles. The topological polar surface area (TPSA) is 96.6 Å². The number of nitrogens with one attached hydrogen (secondary N) is 1. The van der Waals surface area contributed by atoms with E-state index in [1.54, 1.807) is 28.9 Å². The molecule has 2 N–H and O–H groups in total. The molecular weight excluding hydrogens is 356 g/mol. The lowest BCUT2D eigenvalue weighted by Crippen LogP contribution is -2.19. The van der Waals surface area contributed by atoms with E-state index in [-0.39, 0.29) is 12.3 Å². The van der Waals surface area contributed by atoms with Crippen molar-refractivity contribution in [1.82, 2.24) is 19.9 Å². The van der Waals surface area contributed by atoms with Gasteiger partial charge in [-0.1, -0.05) is 48.5 Å². The molecule has 0 bridgehead atoms. The number of amides is 1. The monoisotopic (exact) mass is 372 g/mol. The molecule has 1 amide bonds. The van der Waals surface area contributed by atoms with Crippen LogP contribution in [0.1, 0.15) is 21.5 Å². The van der Waals surface area contributed by atoms with Gasteiger partial charge in [-0.15, -0.1) is 0 Å². The fraction of sp³-hybridized carbons (Fsp3) is 0.0476. The van der Waals surface area contributed by atoms with Crippen LogP contribution in [0.3, 0.4) is 0 Å². The Morgan fingerprint density at radius 3 is 2.64 bits per heavy atom. The van der Waals surface area contributed by atoms with Crippen LogP contribution in [0, 0.1) is 0 Å². The predicted molar refractivity (Wildman–Crippen MR) is 103 cm³/mol. The summed E-state index contributed by atoms with van der Waals surface area (Å²) in [7, 11) is 0. The average molecular weight is 372 g/mol. The number of hydrogen-bond acceptors (Lipinski definition) is 4. The maximum atomic E-state index is 12.8. The maximum absolute atomic E-state index is 12.8. The van der Waals surface area contributed by atoms with E-state index >= 15 is 0 Å². The van der Waals surface area contributed by atoms with Crippen LogP contribution >= 0.6 is 0 Å². The van der Waals surface area contributed by atoms with Crippen molar-refractivity contribution in [2.24, 2.45) is 0 Å². The highest BCUT2D eigenvalue weighted by Crippen LogP contribution is 2.23. The second-order valence-electron chi connectivity index (χ2n) is 6.18. The number of hydrogen-bond donors (Lipinski definition) is 2. The van der Waals surface area contributed by atoms with Gasteiger partial charge in [0.1, 0.15) is 0 Å². The third-order valence-electron chi connectivity index (χ3n) is 4.35. The first-order valence-corrected chi connectivity index (χ1v) is 8.62. The summed E-state index contributed by atoms with van der Waals surface area (Å²) in [6.45, 7) is 0.203. The molecule has 0 saturated heterocycles. The number of carboxylic acid groups (broad SMARTS) is 1. The minimum atomic E-state index is -1.08. The number of rotatable bonds is 5. The summed E-state index contributed by atoms with van der Waals surface area (Å²) in [6, 6.07) is 18.3. The third-order valence-corrected chi connectivity index (χ3v) is 4.35.